The summed E-state index contributed by atoms with van der Waals surface area (Å²) in [5, 5.41) is 9.93. The van der Waals surface area contributed by atoms with Crippen molar-refractivity contribution in [2.45, 2.75) is 6.04 Å². The summed E-state index contributed by atoms with van der Waals surface area (Å²) in [7, 11) is 0. The Bertz CT molecular complexity index is 126. The van der Waals surface area contributed by atoms with Gasteiger partial charge in [-0.2, -0.15) is 5.26 Å². The number of rotatable bonds is 3. The van der Waals surface area contributed by atoms with Gasteiger partial charge in [0.25, 0.3) is 0 Å². The molecule has 0 aromatic rings. The molecule has 4 nitrogen and oxygen atoms in total. The fourth-order valence-corrected chi connectivity index (χ4v) is 0.180. The van der Waals surface area contributed by atoms with E-state index in [2.05, 4.69) is 0 Å². The van der Waals surface area contributed by atoms with Crippen LogP contribution in [-0.2, 0) is 9.59 Å². The van der Waals surface area contributed by atoms with Gasteiger partial charge in [-0.3, -0.25) is 9.59 Å². The normalized spacial score (nSPS) is 10.9. The second-order valence-corrected chi connectivity index (χ2v) is 1.03. The fourth-order valence-electron chi connectivity index (χ4n) is 0.180. The number of carbonyl (C=O) groups is 2. The maximum Gasteiger partial charge on any atom is 0.208 e. The molecule has 8 heavy (non-hydrogen) atoms. The second-order valence-electron chi connectivity index (χ2n) is 1.03. The van der Waals surface area contributed by atoms with Gasteiger partial charge in [-0.1, -0.05) is 0 Å². The van der Waals surface area contributed by atoms with E-state index < -0.39 is 6.04 Å². The van der Waals surface area contributed by atoms with E-state index in [-0.39, 0.29) is 0 Å². The average molecular weight is 112 g/mol. The van der Waals surface area contributed by atoms with Crippen LogP contribution in [0.15, 0.2) is 0 Å². The minimum atomic E-state index is -0.993. The first-order valence-corrected chi connectivity index (χ1v) is 1.89. The van der Waals surface area contributed by atoms with Gasteiger partial charge < -0.3 is 5.32 Å². The van der Waals surface area contributed by atoms with Gasteiger partial charge >= 0.3 is 0 Å². The molecule has 0 rings (SSSR count). The van der Waals surface area contributed by atoms with Crippen molar-refractivity contribution in [2.75, 3.05) is 0 Å². The first-order valence-electron chi connectivity index (χ1n) is 1.89. The molecule has 1 atom stereocenters. The van der Waals surface area contributed by atoms with Crippen LogP contribution in [0, 0.1) is 11.3 Å². The van der Waals surface area contributed by atoms with Crippen LogP contribution >= 0.6 is 0 Å². The highest BCUT2D eigenvalue weighted by Gasteiger charge is 1.98. The molecule has 42 valence electrons. The van der Waals surface area contributed by atoms with Gasteiger partial charge in [-0.15, -0.1) is 0 Å². The third-order valence-electron chi connectivity index (χ3n) is 0.523. The Morgan fingerprint density at radius 1 is 1.62 bits per heavy atom. The van der Waals surface area contributed by atoms with Gasteiger partial charge in [0.15, 0.2) is 12.3 Å². The Morgan fingerprint density at radius 3 is 2.38 bits per heavy atom. The molecular weight excluding hydrogens is 108 g/mol. The van der Waals surface area contributed by atoms with Crippen molar-refractivity contribution in [1.29, 1.82) is 5.26 Å². The van der Waals surface area contributed by atoms with Gasteiger partial charge in [-0.25, -0.2) is 0 Å². The Labute approximate surface area is 46.1 Å². The molecular formula is C4H4N2O2. The number of nitriles is 1. The molecule has 0 spiro atoms. The highest BCUT2D eigenvalue weighted by molar-refractivity contribution is 5.67. The molecule has 0 saturated carbocycles. The third kappa shape index (κ3) is 1.92. The zero-order valence-electron chi connectivity index (χ0n) is 4.00. The fraction of sp³-hybridized carbons (Fsp3) is 0.250. The zero-order chi connectivity index (χ0) is 6.41. The van der Waals surface area contributed by atoms with Crippen LogP contribution in [0.1, 0.15) is 0 Å². The number of hydrogen-bond donors (Lipinski definition) is 1. The van der Waals surface area contributed by atoms with E-state index in [1.165, 1.54) is 0 Å². The standard InChI is InChI=1S/C4H4N2O2/c5-1-4(2-7)6-3-8/h2-4H,(H,6,8). The van der Waals surface area contributed by atoms with Gasteiger partial charge in [0.1, 0.15) is 0 Å². The summed E-state index contributed by atoms with van der Waals surface area (Å²) in [4.78, 5) is 19.2. The minimum absolute atomic E-state index is 0.308. The van der Waals surface area contributed by atoms with Gasteiger partial charge in [0.05, 0.1) is 6.07 Å². The van der Waals surface area contributed by atoms with Crippen molar-refractivity contribution < 1.29 is 9.59 Å². The highest BCUT2D eigenvalue weighted by atomic mass is 16.1. The Kier molecular flexibility index (Phi) is 3.16. The Morgan fingerprint density at radius 2 is 2.25 bits per heavy atom. The minimum Gasteiger partial charge on any atom is -0.337 e. The molecule has 4 heteroatoms. The second kappa shape index (κ2) is 3.81. The molecule has 0 saturated heterocycles. The Hall–Kier alpha value is -1.37. The zero-order valence-corrected chi connectivity index (χ0v) is 4.00. The van der Waals surface area contributed by atoms with Crippen molar-refractivity contribution >= 4 is 12.7 Å². The molecule has 1 amide bonds. The van der Waals surface area contributed by atoms with Crippen LogP contribution in [0.5, 0.6) is 0 Å². The van der Waals surface area contributed by atoms with Crippen LogP contribution in [0.3, 0.4) is 0 Å². The van der Waals surface area contributed by atoms with Crippen LogP contribution in [0.2, 0.25) is 0 Å². The summed E-state index contributed by atoms with van der Waals surface area (Å²) in [6, 6.07) is 0.549. The lowest BCUT2D eigenvalue weighted by atomic mass is 10.4. The first kappa shape index (κ1) is 6.63. The van der Waals surface area contributed by atoms with Crippen molar-refractivity contribution in [1.82, 2.24) is 5.32 Å². The summed E-state index contributed by atoms with van der Waals surface area (Å²) in [5.41, 5.74) is 0. The van der Waals surface area contributed by atoms with Crippen LogP contribution in [-0.4, -0.2) is 18.7 Å². The number of aldehydes is 1. The SMILES string of the molecule is N#CC(C=O)NC=O. The van der Waals surface area contributed by atoms with E-state index in [0.717, 1.165) is 0 Å². The largest absolute Gasteiger partial charge is 0.337 e. The molecule has 0 aliphatic rings. The molecule has 0 aliphatic carbocycles. The number of hydrogen-bond acceptors (Lipinski definition) is 3. The lowest BCUT2D eigenvalue weighted by Gasteiger charge is -1.92. The van der Waals surface area contributed by atoms with Gasteiger partial charge in [0, 0.05) is 0 Å². The number of nitrogens with one attached hydrogen (secondary N) is 1. The summed E-state index contributed by atoms with van der Waals surface area (Å²) in [6.45, 7) is 0. The van der Waals surface area contributed by atoms with Crippen molar-refractivity contribution in [2.24, 2.45) is 0 Å². The summed E-state index contributed by atoms with van der Waals surface area (Å²) in [6.07, 6.45) is 0.663. The van der Waals surface area contributed by atoms with Crippen LogP contribution < -0.4 is 5.32 Å². The number of carbonyl (C=O) groups excluding carboxylic acids is 2. The molecule has 0 fully saturated rings. The lowest BCUT2D eigenvalue weighted by molar-refractivity contribution is -0.114. The predicted molar refractivity (Wildman–Crippen MR) is 24.7 cm³/mol. The molecule has 1 unspecified atom stereocenters. The molecule has 0 aromatic carbocycles. The number of amides is 1. The van der Waals surface area contributed by atoms with E-state index >= 15 is 0 Å². The van der Waals surface area contributed by atoms with Gasteiger partial charge in [-0.05, 0) is 0 Å². The summed E-state index contributed by atoms with van der Waals surface area (Å²) >= 11 is 0. The van der Waals surface area contributed by atoms with Crippen molar-refractivity contribution in [3.8, 4) is 6.07 Å². The van der Waals surface area contributed by atoms with E-state index in [9.17, 15) is 9.59 Å². The summed E-state index contributed by atoms with van der Waals surface area (Å²) < 4.78 is 0. The quantitative estimate of drug-likeness (QED) is 0.467. The van der Waals surface area contributed by atoms with Crippen LogP contribution in [0.25, 0.3) is 0 Å². The van der Waals surface area contributed by atoms with E-state index in [0.29, 0.717) is 12.7 Å². The van der Waals surface area contributed by atoms with Gasteiger partial charge in [0.2, 0.25) is 6.41 Å². The van der Waals surface area contributed by atoms with E-state index in [4.69, 9.17) is 5.26 Å². The topological polar surface area (TPSA) is 70.0 Å². The lowest BCUT2D eigenvalue weighted by Crippen LogP contribution is -2.26. The number of nitrogens with zero attached hydrogens (tertiary/aromatic N) is 1. The third-order valence-corrected chi connectivity index (χ3v) is 0.523. The predicted octanol–water partition coefficient (Wildman–Crippen LogP) is -1.18. The molecule has 0 heterocycles. The highest BCUT2D eigenvalue weighted by Crippen LogP contribution is 1.66. The maximum absolute atomic E-state index is 9.68. The summed E-state index contributed by atoms with van der Waals surface area (Å²) in [5.74, 6) is 0. The molecule has 0 aliphatic heterocycles. The van der Waals surface area contributed by atoms with Crippen LogP contribution in [0.4, 0.5) is 0 Å². The molecule has 0 radical (unpaired) electrons. The van der Waals surface area contributed by atoms with E-state index in [1.54, 1.807) is 6.07 Å². The molecule has 0 aromatic heterocycles. The smallest absolute Gasteiger partial charge is 0.208 e. The van der Waals surface area contributed by atoms with Crippen molar-refractivity contribution in [3.05, 3.63) is 0 Å². The van der Waals surface area contributed by atoms with E-state index in [1.807, 2.05) is 5.32 Å². The molecule has 1 N–H and O–H groups in total. The first-order chi connectivity index (χ1) is 3.85. The maximum atomic E-state index is 9.68. The Balaban J connectivity index is 3.56. The average Bonchev–Trinajstić information content (AvgIpc) is 1.83. The molecule has 0 bridgehead atoms. The van der Waals surface area contributed by atoms with Crippen molar-refractivity contribution in [3.63, 3.8) is 0 Å². The monoisotopic (exact) mass is 112 g/mol.